The topological polar surface area (TPSA) is 108 Å². The van der Waals surface area contributed by atoms with Crippen LogP contribution in [0.2, 0.25) is 0 Å². The molecule has 34 heavy (non-hydrogen) atoms. The Labute approximate surface area is 195 Å². The van der Waals surface area contributed by atoms with Gasteiger partial charge in [0.25, 0.3) is 0 Å². The van der Waals surface area contributed by atoms with E-state index in [0.717, 1.165) is 0 Å². The van der Waals surface area contributed by atoms with Crippen LogP contribution in [0.5, 0.6) is 0 Å². The molecule has 1 aliphatic rings. The van der Waals surface area contributed by atoms with Crippen molar-refractivity contribution in [2.75, 3.05) is 6.61 Å². The minimum Gasteiger partial charge on any atom is -0.459 e. The second kappa shape index (κ2) is 10.7. The molecule has 0 aromatic heterocycles. The molecule has 1 heterocycles. The molecule has 3 aromatic carbocycles. The van der Waals surface area contributed by atoms with Gasteiger partial charge in [-0.05, 0) is 36.4 Å². The third-order valence-electron chi connectivity index (χ3n) is 5.18. The largest absolute Gasteiger partial charge is 0.459 e. The highest BCUT2D eigenvalue weighted by Gasteiger charge is 2.50. The van der Waals surface area contributed by atoms with Crippen LogP contribution in [0.1, 0.15) is 31.1 Å². The number of hydrogen-bond acceptors (Lipinski definition) is 8. The van der Waals surface area contributed by atoms with Gasteiger partial charge in [0, 0.05) is 0 Å². The molecule has 1 aliphatic heterocycles. The molecule has 174 valence electrons. The van der Waals surface area contributed by atoms with Gasteiger partial charge in [0.1, 0.15) is 12.7 Å². The Kier molecular flexibility index (Phi) is 7.31. The van der Waals surface area contributed by atoms with E-state index in [1.807, 2.05) is 0 Å². The van der Waals surface area contributed by atoms with E-state index in [-0.39, 0.29) is 17.7 Å². The predicted molar refractivity (Wildman–Crippen MR) is 119 cm³/mol. The van der Waals surface area contributed by atoms with Crippen molar-refractivity contribution in [1.29, 1.82) is 0 Å². The molecular formula is C26H22O8. The number of hydrogen-bond donors (Lipinski definition) is 1. The van der Waals surface area contributed by atoms with Gasteiger partial charge in [-0.2, -0.15) is 0 Å². The Morgan fingerprint density at radius 2 is 1.06 bits per heavy atom. The Morgan fingerprint density at radius 1 is 0.647 bits per heavy atom. The van der Waals surface area contributed by atoms with Crippen molar-refractivity contribution in [3.63, 3.8) is 0 Å². The number of benzene rings is 3. The summed E-state index contributed by atoms with van der Waals surface area (Å²) in [7, 11) is 0. The molecule has 8 heteroatoms. The first-order valence-corrected chi connectivity index (χ1v) is 10.6. The van der Waals surface area contributed by atoms with Gasteiger partial charge in [0.05, 0.1) is 16.7 Å². The summed E-state index contributed by atoms with van der Waals surface area (Å²) in [4.78, 5) is 37.6. The van der Waals surface area contributed by atoms with Gasteiger partial charge in [-0.15, -0.1) is 0 Å². The van der Waals surface area contributed by atoms with Crippen molar-refractivity contribution in [2.24, 2.45) is 0 Å². The number of carbonyl (C=O) groups excluding carboxylic acids is 3. The lowest BCUT2D eigenvalue weighted by Crippen LogP contribution is -2.42. The van der Waals surface area contributed by atoms with E-state index < -0.39 is 42.5 Å². The lowest BCUT2D eigenvalue weighted by Gasteiger charge is -2.23. The van der Waals surface area contributed by atoms with Crippen LogP contribution in [0.25, 0.3) is 0 Å². The van der Waals surface area contributed by atoms with Crippen LogP contribution in [-0.4, -0.2) is 54.2 Å². The van der Waals surface area contributed by atoms with Gasteiger partial charge in [0.15, 0.2) is 18.5 Å². The van der Waals surface area contributed by atoms with E-state index in [1.54, 1.807) is 91.0 Å². The monoisotopic (exact) mass is 462 g/mol. The standard InChI is InChI=1S/C26H22O8/c27-23(17-10-4-1-5-11-17)31-16-20-21(33-24(28)18-12-6-2-7-13-18)22(26(30)32-20)34-25(29)19-14-8-3-9-15-19/h1-15,20-22,26,30H,16H2/t20-,21+,22+,26?/m1/s1. The fourth-order valence-corrected chi connectivity index (χ4v) is 3.46. The molecule has 1 unspecified atom stereocenters. The van der Waals surface area contributed by atoms with Crippen LogP contribution in [0.15, 0.2) is 91.0 Å². The zero-order chi connectivity index (χ0) is 23.9. The molecule has 0 radical (unpaired) electrons. The Bertz CT molecular complexity index is 1120. The van der Waals surface area contributed by atoms with Crippen molar-refractivity contribution in [2.45, 2.75) is 24.6 Å². The molecule has 0 aliphatic carbocycles. The Hall–Kier alpha value is -4.01. The summed E-state index contributed by atoms with van der Waals surface area (Å²) < 4.78 is 21.8. The van der Waals surface area contributed by atoms with Gasteiger partial charge in [-0.25, -0.2) is 14.4 Å². The zero-order valence-corrected chi connectivity index (χ0v) is 18.0. The maximum Gasteiger partial charge on any atom is 0.338 e. The van der Waals surface area contributed by atoms with Crippen LogP contribution in [0.3, 0.4) is 0 Å². The number of aliphatic hydroxyl groups excluding tert-OH is 1. The zero-order valence-electron chi connectivity index (χ0n) is 18.0. The fourth-order valence-electron chi connectivity index (χ4n) is 3.46. The van der Waals surface area contributed by atoms with Gasteiger partial charge in [0.2, 0.25) is 0 Å². The van der Waals surface area contributed by atoms with E-state index in [4.69, 9.17) is 18.9 Å². The smallest absolute Gasteiger partial charge is 0.338 e. The molecule has 8 nitrogen and oxygen atoms in total. The number of ether oxygens (including phenoxy) is 4. The lowest BCUT2D eigenvalue weighted by atomic mass is 10.1. The maximum absolute atomic E-state index is 12.7. The predicted octanol–water partition coefficient (Wildman–Crippen LogP) is 3.01. The molecule has 0 amide bonds. The van der Waals surface area contributed by atoms with E-state index in [1.165, 1.54) is 0 Å². The highest BCUT2D eigenvalue weighted by atomic mass is 16.7. The highest BCUT2D eigenvalue weighted by Crippen LogP contribution is 2.28. The summed E-state index contributed by atoms with van der Waals surface area (Å²) in [6, 6.07) is 24.7. The number of aliphatic hydroxyl groups is 1. The molecule has 0 saturated carbocycles. The number of esters is 3. The summed E-state index contributed by atoms with van der Waals surface area (Å²) in [6.07, 6.45) is -5.22. The minimum atomic E-state index is -1.60. The van der Waals surface area contributed by atoms with Gasteiger partial charge < -0.3 is 24.1 Å². The first kappa shape index (κ1) is 23.2. The molecule has 0 spiro atoms. The fraction of sp³-hybridized carbons (Fsp3) is 0.192. The van der Waals surface area contributed by atoms with Crippen molar-refractivity contribution in [3.8, 4) is 0 Å². The van der Waals surface area contributed by atoms with E-state index in [0.29, 0.717) is 5.56 Å². The molecule has 0 bridgehead atoms. The van der Waals surface area contributed by atoms with E-state index in [2.05, 4.69) is 0 Å². The summed E-state index contributed by atoms with van der Waals surface area (Å²) in [5.74, 6) is -2.05. The second-order valence-corrected chi connectivity index (χ2v) is 7.50. The SMILES string of the molecule is O=C(OC[C@H]1OC(O)[C@@H](OC(=O)c2ccccc2)[C@H]1OC(=O)c1ccccc1)c1ccccc1. The minimum absolute atomic E-state index is 0.252. The average molecular weight is 462 g/mol. The maximum atomic E-state index is 12.7. The van der Waals surface area contributed by atoms with Crippen LogP contribution in [0.4, 0.5) is 0 Å². The summed E-state index contributed by atoms with van der Waals surface area (Å²) in [5, 5.41) is 10.5. The Balaban J connectivity index is 1.51. The second-order valence-electron chi connectivity index (χ2n) is 7.50. The number of rotatable bonds is 7. The molecule has 1 N–H and O–H groups in total. The van der Waals surface area contributed by atoms with E-state index >= 15 is 0 Å². The summed E-state index contributed by atoms with van der Waals surface area (Å²) in [5.41, 5.74) is 0.838. The van der Waals surface area contributed by atoms with E-state index in [9.17, 15) is 19.5 Å². The van der Waals surface area contributed by atoms with Gasteiger partial charge in [-0.3, -0.25) is 0 Å². The number of carbonyl (C=O) groups is 3. The van der Waals surface area contributed by atoms with Gasteiger partial charge >= 0.3 is 17.9 Å². The molecule has 4 atom stereocenters. The highest BCUT2D eigenvalue weighted by molar-refractivity contribution is 5.90. The average Bonchev–Trinajstić information content (AvgIpc) is 3.17. The normalized spacial score (nSPS) is 21.4. The third kappa shape index (κ3) is 5.48. The van der Waals surface area contributed by atoms with Crippen LogP contribution in [-0.2, 0) is 18.9 Å². The summed E-state index contributed by atoms with van der Waals surface area (Å²) >= 11 is 0. The van der Waals surface area contributed by atoms with Gasteiger partial charge in [-0.1, -0.05) is 54.6 Å². The summed E-state index contributed by atoms with van der Waals surface area (Å²) in [6.45, 7) is -0.336. The lowest BCUT2D eigenvalue weighted by molar-refractivity contribution is -0.135. The molecule has 4 rings (SSSR count). The first-order chi connectivity index (χ1) is 16.5. The van der Waals surface area contributed by atoms with Crippen molar-refractivity contribution >= 4 is 17.9 Å². The van der Waals surface area contributed by atoms with Crippen molar-refractivity contribution < 1.29 is 38.4 Å². The van der Waals surface area contributed by atoms with Crippen LogP contribution >= 0.6 is 0 Å². The third-order valence-corrected chi connectivity index (χ3v) is 5.18. The van der Waals surface area contributed by atoms with Crippen LogP contribution < -0.4 is 0 Å². The molecular weight excluding hydrogens is 440 g/mol. The molecule has 1 saturated heterocycles. The van der Waals surface area contributed by atoms with Crippen molar-refractivity contribution in [1.82, 2.24) is 0 Å². The van der Waals surface area contributed by atoms with Crippen LogP contribution in [0, 0.1) is 0 Å². The molecule has 3 aromatic rings. The Morgan fingerprint density at radius 3 is 1.53 bits per heavy atom. The molecule has 1 fully saturated rings. The van der Waals surface area contributed by atoms with Crippen molar-refractivity contribution in [3.05, 3.63) is 108 Å². The quantitative estimate of drug-likeness (QED) is 0.422. The first-order valence-electron chi connectivity index (χ1n) is 10.6.